The number of halogens is 1. The molecule has 2 aliphatic carbocycles. The summed E-state index contributed by atoms with van der Waals surface area (Å²) in [5.74, 6) is -0.378. The van der Waals surface area contributed by atoms with Gasteiger partial charge in [-0.1, -0.05) is 34.1 Å². The average Bonchev–Trinajstić information content (AvgIpc) is 3.07. The van der Waals surface area contributed by atoms with Crippen LogP contribution in [-0.4, -0.2) is 22.8 Å². The van der Waals surface area contributed by atoms with Crippen molar-refractivity contribution >= 4 is 33.5 Å². The lowest BCUT2D eigenvalue weighted by atomic mass is 9.79. The van der Waals surface area contributed by atoms with Gasteiger partial charge in [-0.2, -0.15) is 0 Å². The second-order valence-electron chi connectivity index (χ2n) is 6.72. The van der Waals surface area contributed by atoms with E-state index in [-0.39, 0.29) is 46.5 Å². The number of hydrogen-bond donors (Lipinski definition) is 1. The number of ether oxygens (including phenoxy) is 1. The van der Waals surface area contributed by atoms with Crippen molar-refractivity contribution in [3.63, 3.8) is 0 Å². The molecule has 6 atom stereocenters. The Kier molecular flexibility index (Phi) is 3.12. The third kappa shape index (κ3) is 1.81. The largest absolute Gasteiger partial charge is 0.461 e. The van der Waals surface area contributed by atoms with E-state index in [0.29, 0.717) is 0 Å². The highest BCUT2D eigenvalue weighted by Gasteiger charge is 2.67. The molecule has 0 aromatic heterocycles. The van der Waals surface area contributed by atoms with Crippen LogP contribution in [0.3, 0.4) is 0 Å². The number of amides is 1. The molecule has 2 saturated carbocycles. The van der Waals surface area contributed by atoms with Crippen molar-refractivity contribution in [3.05, 3.63) is 29.3 Å². The zero-order valence-electron chi connectivity index (χ0n) is 12.5. The van der Waals surface area contributed by atoms with Gasteiger partial charge < -0.3 is 10.1 Å². The maximum absolute atomic E-state index is 12.8. The first-order valence-corrected chi connectivity index (χ1v) is 8.62. The molecule has 1 aromatic rings. The molecule has 3 aliphatic rings. The summed E-state index contributed by atoms with van der Waals surface area (Å²) in [6.07, 6.45) is 0.869. The fraction of sp³-hybridized carbons (Fsp3) is 0.529. The van der Waals surface area contributed by atoms with Crippen LogP contribution in [0, 0.1) is 37.5 Å². The maximum atomic E-state index is 12.8. The highest BCUT2D eigenvalue weighted by molar-refractivity contribution is 9.09. The van der Waals surface area contributed by atoms with Crippen molar-refractivity contribution in [1.29, 1.82) is 0 Å². The molecule has 1 aliphatic heterocycles. The lowest BCUT2D eigenvalue weighted by Crippen LogP contribution is -2.40. The molecule has 1 amide bonds. The standard InChI is InChI=1S/C17H18BrNO3/c1-7-4-3-5-8(2)14(7)19-16(20)11-9-6-10-12(11)17(21)22-15(10)13(9)18/h3-5,9-13,15H,6H2,1-2H3,(H,19,20)/t9-,10-,11-,12+,13-,15+/m1/s1. The SMILES string of the molecule is Cc1cccc(C)c1NC(=O)[C@@H]1[C@H]2C[C@H]3[C@H](OC(=O)[C@@H]31)[C@@H]2Br. The molecule has 3 fully saturated rings. The number of alkyl halides is 1. The first-order valence-electron chi connectivity index (χ1n) is 7.70. The highest BCUT2D eigenvalue weighted by atomic mass is 79.9. The molecule has 4 rings (SSSR count). The van der Waals surface area contributed by atoms with E-state index in [4.69, 9.17) is 4.74 Å². The van der Waals surface area contributed by atoms with Crippen molar-refractivity contribution in [2.45, 2.75) is 31.2 Å². The van der Waals surface area contributed by atoms with E-state index in [1.54, 1.807) is 0 Å². The number of fused-ring (bicyclic) bond motifs is 1. The predicted octanol–water partition coefficient (Wildman–Crippen LogP) is 2.81. The van der Waals surface area contributed by atoms with Crippen molar-refractivity contribution in [2.24, 2.45) is 23.7 Å². The van der Waals surface area contributed by atoms with Crippen LogP contribution in [0.4, 0.5) is 5.69 Å². The third-order valence-electron chi connectivity index (χ3n) is 5.56. The van der Waals surface area contributed by atoms with E-state index in [2.05, 4.69) is 21.2 Å². The lowest BCUT2D eigenvalue weighted by molar-refractivity contribution is -0.145. The maximum Gasteiger partial charge on any atom is 0.310 e. The quantitative estimate of drug-likeness (QED) is 0.649. The Morgan fingerprint density at radius 2 is 1.95 bits per heavy atom. The van der Waals surface area contributed by atoms with Gasteiger partial charge in [0.15, 0.2) is 0 Å². The molecule has 1 saturated heterocycles. The first kappa shape index (κ1) is 14.2. The van der Waals surface area contributed by atoms with Crippen LogP contribution in [0.25, 0.3) is 0 Å². The van der Waals surface area contributed by atoms with Gasteiger partial charge in [0, 0.05) is 11.6 Å². The molecular weight excluding hydrogens is 346 g/mol. The van der Waals surface area contributed by atoms with Crippen LogP contribution in [0.1, 0.15) is 17.5 Å². The molecule has 0 unspecified atom stereocenters. The Morgan fingerprint density at radius 3 is 2.64 bits per heavy atom. The molecule has 0 radical (unpaired) electrons. The molecule has 1 aromatic carbocycles. The summed E-state index contributed by atoms with van der Waals surface area (Å²) in [6, 6.07) is 5.94. The highest BCUT2D eigenvalue weighted by Crippen LogP contribution is 2.60. The van der Waals surface area contributed by atoms with Gasteiger partial charge in [-0.25, -0.2) is 0 Å². The summed E-state index contributed by atoms with van der Waals surface area (Å²) in [5, 5.41) is 3.06. The number of hydrogen-bond acceptors (Lipinski definition) is 3. The van der Waals surface area contributed by atoms with Crippen molar-refractivity contribution in [2.75, 3.05) is 5.32 Å². The van der Waals surface area contributed by atoms with Gasteiger partial charge in [0.2, 0.25) is 5.91 Å². The van der Waals surface area contributed by atoms with E-state index in [1.807, 2.05) is 32.0 Å². The minimum Gasteiger partial charge on any atom is -0.461 e. The van der Waals surface area contributed by atoms with Crippen LogP contribution < -0.4 is 5.32 Å². The Labute approximate surface area is 137 Å². The van der Waals surface area contributed by atoms with Crippen LogP contribution in [0.2, 0.25) is 0 Å². The predicted molar refractivity (Wildman–Crippen MR) is 85.7 cm³/mol. The molecule has 0 spiro atoms. The number of anilines is 1. The second kappa shape index (κ2) is 4.82. The summed E-state index contributed by atoms with van der Waals surface area (Å²) < 4.78 is 5.46. The molecule has 2 bridgehead atoms. The van der Waals surface area contributed by atoms with Gasteiger partial charge in [0.1, 0.15) is 6.10 Å². The molecule has 116 valence electrons. The van der Waals surface area contributed by atoms with Gasteiger partial charge >= 0.3 is 5.97 Å². The third-order valence-corrected chi connectivity index (χ3v) is 6.76. The summed E-state index contributed by atoms with van der Waals surface area (Å²) in [7, 11) is 0. The smallest absolute Gasteiger partial charge is 0.310 e. The number of carbonyl (C=O) groups excluding carboxylic acids is 2. The minimum absolute atomic E-state index is 0.0354. The molecule has 1 heterocycles. The molecule has 1 N–H and O–H groups in total. The van der Waals surface area contributed by atoms with Gasteiger partial charge in [-0.3, -0.25) is 9.59 Å². The summed E-state index contributed by atoms with van der Waals surface area (Å²) in [4.78, 5) is 25.1. The van der Waals surface area contributed by atoms with E-state index in [1.165, 1.54) is 0 Å². The lowest BCUT2D eigenvalue weighted by Gasteiger charge is -2.28. The Bertz CT molecular complexity index is 654. The van der Waals surface area contributed by atoms with E-state index < -0.39 is 0 Å². The molecular formula is C17H18BrNO3. The van der Waals surface area contributed by atoms with Crippen LogP contribution in [-0.2, 0) is 14.3 Å². The zero-order valence-corrected chi connectivity index (χ0v) is 14.1. The number of para-hydroxylation sites is 1. The Balaban J connectivity index is 1.63. The normalized spacial score (nSPS) is 38.2. The van der Waals surface area contributed by atoms with Crippen molar-refractivity contribution in [3.8, 4) is 0 Å². The van der Waals surface area contributed by atoms with Crippen LogP contribution in [0.15, 0.2) is 18.2 Å². The number of aryl methyl sites for hydroxylation is 2. The molecule has 5 heteroatoms. The summed E-state index contributed by atoms with van der Waals surface area (Å²) in [5.41, 5.74) is 2.95. The van der Waals surface area contributed by atoms with Gasteiger partial charge in [-0.15, -0.1) is 0 Å². The summed E-state index contributed by atoms with van der Waals surface area (Å²) in [6.45, 7) is 3.97. The molecule has 4 nitrogen and oxygen atoms in total. The topological polar surface area (TPSA) is 55.4 Å². The number of nitrogens with one attached hydrogen (secondary N) is 1. The van der Waals surface area contributed by atoms with Gasteiger partial charge in [0.25, 0.3) is 0 Å². The number of benzene rings is 1. The van der Waals surface area contributed by atoms with E-state index in [9.17, 15) is 9.59 Å². The van der Waals surface area contributed by atoms with E-state index in [0.717, 1.165) is 23.2 Å². The number of carbonyl (C=O) groups is 2. The summed E-state index contributed by atoms with van der Waals surface area (Å²) >= 11 is 3.64. The Morgan fingerprint density at radius 1 is 1.27 bits per heavy atom. The fourth-order valence-corrected chi connectivity index (χ4v) is 5.59. The minimum atomic E-state index is -0.278. The fourth-order valence-electron chi connectivity index (χ4n) is 4.55. The number of esters is 1. The Hall–Kier alpha value is -1.36. The van der Waals surface area contributed by atoms with Gasteiger partial charge in [0.05, 0.1) is 16.7 Å². The van der Waals surface area contributed by atoms with E-state index >= 15 is 0 Å². The number of rotatable bonds is 2. The van der Waals surface area contributed by atoms with Crippen LogP contribution >= 0.6 is 15.9 Å². The zero-order chi connectivity index (χ0) is 15.6. The molecule has 22 heavy (non-hydrogen) atoms. The second-order valence-corrected chi connectivity index (χ2v) is 7.77. The van der Waals surface area contributed by atoms with Crippen molar-refractivity contribution in [1.82, 2.24) is 0 Å². The monoisotopic (exact) mass is 363 g/mol. The first-order chi connectivity index (χ1) is 10.5. The van der Waals surface area contributed by atoms with Gasteiger partial charge in [-0.05, 0) is 37.3 Å². The average molecular weight is 364 g/mol. The van der Waals surface area contributed by atoms with Crippen molar-refractivity contribution < 1.29 is 14.3 Å². The van der Waals surface area contributed by atoms with Crippen LogP contribution in [0.5, 0.6) is 0 Å².